The van der Waals surface area contributed by atoms with Crippen molar-refractivity contribution in [2.75, 3.05) is 0 Å². The van der Waals surface area contributed by atoms with Gasteiger partial charge in [-0.25, -0.2) is 9.97 Å². The van der Waals surface area contributed by atoms with Gasteiger partial charge < -0.3 is 0 Å². The lowest BCUT2D eigenvalue weighted by molar-refractivity contribution is 1.19. The van der Waals surface area contributed by atoms with Crippen LogP contribution in [0.5, 0.6) is 0 Å². The van der Waals surface area contributed by atoms with E-state index in [-0.39, 0.29) is 0 Å². The third-order valence-corrected chi connectivity index (χ3v) is 7.88. The maximum atomic E-state index is 4.62. The average molecular weight is 288 g/mol. The molecule has 21 heavy (non-hydrogen) atoms. The molecule has 0 atom stereocenters. The van der Waals surface area contributed by atoms with Gasteiger partial charge in [-0.15, -0.1) is 0 Å². The first kappa shape index (κ1) is 12.5. The molecule has 0 radical (unpaired) electrons. The fourth-order valence-electron chi connectivity index (χ4n) is 3.37. The molecule has 0 bridgehead atoms. The highest BCUT2D eigenvalue weighted by Gasteiger charge is 2.40. The minimum Gasteiger partial charge on any atom is -0.236 e. The Bertz CT molecular complexity index is 826. The summed E-state index contributed by atoms with van der Waals surface area (Å²) in [5.74, 6) is 0. The highest BCUT2D eigenvalue weighted by atomic mass is 28.3. The van der Waals surface area contributed by atoms with Gasteiger partial charge in [0, 0.05) is 5.56 Å². The number of rotatable bonds is 1. The summed E-state index contributed by atoms with van der Waals surface area (Å²) >= 11 is 0. The topological polar surface area (TPSA) is 25.8 Å². The molecule has 0 saturated heterocycles. The highest BCUT2D eigenvalue weighted by molar-refractivity contribution is 7.04. The van der Waals surface area contributed by atoms with Crippen LogP contribution in [-0.4, -0.2) is 18.0 Å². The predicted molar refractivity (Wildman–Crippen MR) is 89.7 cm³/mol. The Morgan fingerprint density at radius 1 is 0.762 bits per heavy atom. The Kier molecular flexibility index (Phi) is 2.59. The Balaban J connectivity index is 2.06. The van der Waals surface area contributed by atoms with Gasteiger partial charge in [-0.1, -0.05) is 67.7 Å². The Morgan fingerprint density at radius 2 is 1.43 bits per heavy atom. The molecule has 0 spiro atoms. The maximum Gasteiger partial charge on any atom is 0.118 e. The first-order valence-corrected chi connectivity index (χ1v) is 10.2. The standard InChI is InChI=1S/C18H16N2Si/c1-21(2)15-11-7-6-10-14(15)17-18(21)16(19-12-20-17)13-8-4-3-5-9-13/h3-12H,1-2H3. The van der Waals surface area contributed by atoms with Gasteiger partial charge >= 0.3 is 0 Å². The lowest BCUT2D eigenvalue weighted by atomic mass is 10.1. The van der Waals surface area contributed by atoms with Crippen LogP contribution in [0.25, 0.3) is 22.5 Å². The first-order valence-electron chi connectivity index (χ1n) is 7.20. The molecule has 102 valence electrons. The zero-order chi connectivity index (χ0) is 14.4. The van der Waals surface area contributed by atoms with E-state index in [0.717, 1.165) is 11.4 Å². The molecule has 0 N–H and O–H groups in total. The van der Waals surface area contributed by atoms with Crippen molar-refractivity contribution in [3.05, 3.63) is 60.9 Å². The van der Waals surface area contributed by atoms with E-state index in [1.54, 1.807) is 6.33 Å². The SMILES string of the molecule is C[Si]1(C)c2ccccc2-c2ncnc(-c3ccccc3)c21. The number of hydrogen-bond donors (Lipinski definition) is 0. The van der Waals surface area contributed by atoms with Gasteiger partial charge in [0.1, 0.15) is 14.4 Å². The zero-order valence-electron chi connectivity index (χ0n) is 12.2. The van der Waals surface area contributed by atoms with Crippen LogP contribution in [0.4, 0.5) is 0 Å². The summed E-state index contributed by atoms with van der Waals surface area (Å²) in [5.41, 5.74) is 4.72. The molecule has 0 aliphatic carbocycles. The second-order valence-corrected chi connectivity index (χ2v) is 10.3. The quantitative estimate of drug-likeness (QED) is 0.643. The van der Waals surface area contributed by atoms with Crippen LogP contribution >= 0.6 is 0 Å². The highest BCUT2D eigenvalue weighted by Crippen LogP contribution is 2.30. The number of aromatic nitrogens is 2. The number of fused-ring (bicyclic) bond motifs is 3. The molecule has 2 nitrogen and oxygen atoms in total. The molecule has 1 aliphatic rings. The van der Waals surface area contributed by atoms with Crippen LogP contribution in [-0.2, 0) is 0 Å². The zero-order valence-corrected chi connectivity index (χ0v) is 13.2. The van der Waals surface area contributed by atoms with Gasteiger partial charge in [-0.3, -0.25) is 0 Å². The summed E-state index contributed by atoms with van der Waals surface area (Å²) < 4.78 is 0. The molecule has 3 heteroatoms. The smallest absolute Gasteiger partial charge is 0.118 e. The molecule has 0 unspecified atom stereocenters. The van der Waals surface area contributed by atoms with Gasteiger partial charge in [-0.05, 0) is 15.9 Å². The van der Waals surface area contributed by atoms with Gasteiger partial charge in [0.25, 0.3) is 0 Å². The van der Waals surface area contributed by atoms with E-state index in [9.17, 15) is 0 Å². The molecule has 0 saturated carbocycles. The summed E-state index contributed by atoms with van der Waals surface area (Å²) in [4.78, 5) is 9.23. The van der Waals surface area contributed by atoms with Crippen LogP contribution < -0.4 is 10.4 Å². The van der Waals surface area contributed by atoms with Crippen molar-refractivity contribution in [1.82, 2.24) is 9.97 Å². The van der Waals surface area contributed by atoms with Crippen LogP contribution in [0.15, 0.2) is 60.9 Å². The number of hydrogen-bond acceptors (Lipinski definition) is 2. The Labute approximate surface area is 125 Å². The van der Waals surface area contributed by atoms with Crippen molar-refractivity contribution in [1.29, 1.82) is 0 Å². The summed E-state index contributed by atoms with van der Waals surface area (Å²) in [5, 5.41) is 2.84. The van der Waals surface area contributed by atoms with Crippen molar-refractivity contribution >= 4 is 18.4 Å². The van der Waals surface area contributed by atoms with E-state index in [1.165, 1.54) is 21.5 Å². The minimum atomic E-state index is -1.73. The lowest BCUT2D eigenvalue weighted by Crippen LogP contribution is -2.50. The normalized spacial score (nSPS) is 14.6. The van der Waals surface area contributed by atoms with E-state index in [0.29, 0.717) is 0 Å². The molecule has 1 aliphatic heterocycles. The van der Waals surface area contributed by atoms with Crippen LogP contribution in [0.2, 0.25) is 13.1 Å². The predicted octanol–water partition coefficient (Wildman–Crippen LogP) is 2.95. The van der Waals surface area contributed by atoms with E-state index in [4.69, 9.17) is 0 Å². The molecular weight excluding hydrogens is 272 g/mol. The summed E-state index contributed by atoms with van der Waals surface area (Å²) in [6.07, 6.45) is 1.70. The van der Waals surface area contributed by atoms with Gasteiger partial charge in [0.05, 0.1) is 11.4 Å². The molecule has 3 aromatic rings. The molecular formula is C18H16N2Si. The van der Waals surface area contributed by atoms with Crippen molar-refractivity contribution in [2.45, 2.75) is 13.1 Å². The van der Waals surface area contributed by atoms with Gasteiger partial charge in [0.15, 0.2) is 0 Å². The summed E-state index contributed by atoms with van der Waals surface area (Å²) in [6, 6.07) is 19.1. The van der Waals surface area contributed by atoms with Crippen LogP contribution in [0.3, 0.4) is 0 Å². The summed E-state index contributed by atoms with van der Waals surface area (Å²) in [7, 11) is -1.73. The van der Waals surface area contributed by atoms with Crippen molar-refractivity contribution < 1.29 is 0 Å². The molecule has 2 heterocycles. The second-order valence-electron chi connectivity index (χ2n) is 5.98. The van der Waals surface area contributed by atoms with Crippen molar-refractivity contribution in [3.8, 4) is 22.5 Å². The lowest BCUT2D eigenvalue weighted by Gasteiger charge is -2.20. The molecule has 2 aromatic carbocycles. The van der Waals surface area contributed by atoms with Gasteiger partial charge in [0.2, 0.25) is 0 Å². The third-order valence-electron chi connectivity index (χ3n) is 4.38. The average Bonchev–Trinajstić information content (AvgIpc) is 2.77. The monoisotopic (exact) mass is 288 g/mol. The number of nitrogens with zero attached hydrogens (tertiary/aromatic N) is 2. The fourth-order valence-corrected chi connectivity index (χ4v) is 6.62. The van der Waals surface area contributed by atoms with E-state index < -0.39 is 8.07 Å². The fraction of sp³-hybridized carbons (Fsp3) is 0.111. The molecule has 1 aromatic heterocycles. The Hall–Kier alpha value is -2.26. The number of benzene rings is 2. The van der Waals surface area contributed by atoms with Gasteiger partial charge in [-0.2, -0.15) is 0 Å². The van der Waals surface area contributed by atoms with Crippen LogP contribution in [0, 0.1) is 0 Å². The van der Waals surface area contributed by atoms with E-state index in [2.05, 4.69) is 71.6 Å². The second kappa shape index (κ2) is 4.37. The molecule has 4 rings (SSSR count). The van der Waals surface area contributed by atoms with Crippen molar-refractivity contribution in [2.24, 2.45) is 0 Å². The van der Waals surface area contributed by atoms with Crippen molar-refractivity contribution in [3.63, 3.8) is 0 Å². The first-order chi connectivity index (χ1) is 10.2. The Morgan fingerprint density at radius 3 is 2.24 bits per heavy atom. The largest absolute Gasteiger partial charge is 0.236 e. The summed E-state index contributed by atoms with van der Waals surface area (Å²) in [6.45, 7) is 4.79. The molecule has 0 amide bonds. The molecule has 0 fully saturated rings. The van der Waals surface area contributed by atoms with Crippen LogP contribution in [0.1, 0.15) is 0 Å². The minimum absolute atomic E-state index is 1.11. The van der Waals surface area contributed by atoms with E-state index >= 15 is 0 Å². The maximum absolute atomic E-state index is 4.62. The third kappa shape index (κ3) is 1.71. The van der Waals surface area contributed by atoms with E-state index in [1.807, 2.05) is 6.07 Å².